The number of allylic oxidation sites excluding steroid dienone is 1. The predicted molar refractivity (Wildman–Crippen MR) is 112 cm³/mol. The van der Waals surface area contributed by atoms with E-state index in [1.165, 1.54) is 0 Å². The highest BCUT2D eigenvalue weighted by atomic mass is 31.1. The lowest BCUT2D eigenvalue weighted by atomic mass is 9.94. The molecule has 1 amide bonds. The van der Waals surface area contributed by atoms with Gasteiger partial charge in [-0.25, -0.2) is 4.52 Å². The number of aromatic nitrogens is 3. The van der Waals surface area contributed by atoms with Crippen LogP contribution in [0.2, 0.25) is 0 Å². The molecule has 0 aliphatic carbocycles. The molecule has 2 aromatic rings. The molecule has 144 valence electrons. The second-order valence-electron chi connectivity index (χ2n) is 7.58. The van der Waals surface area contributed by atoms with E-state index >= 15 is 0 Å². The number of hydrogen-bond acceptors (Lipinski definition) is 5. The third-order valence-electron chi connectivity index (χ3n) is 5.55. The summed E-state index contributed by atoms with van der Waals surface area (Å²) in [5.41, 5.74) is 4.74. The molecular weight excluding hydrogens is 371 g/mol. The average Bonchev–Trinajstić information content (AvgIpc) is 3.13. The van der Waals surface area contributed by atoms with Crippen molar-refractivity contribution >= 4 is 31.5 Å². The lowest BCUT2D eigenvalue weighted by Crippen LogP contribution is -2.39. The summed E-state index contributed by atoms with van der Waals surface area (Å²) < 4.78 is 1.86. The Morgan fingerprint density at radius 1 is 1.25 bits per heavy atom. The molecule has 0 bridgehead atoms. The van der Waals surface area contributed by atoms with Crippen LogP contribution in [-0.2, 0) is 4.79 Å². The van der Waals surface area contributed by atoms with Gasteiger partial charge >= 0.3 is 0 Å². The molecular formula is C20H23N6OP. The molecule has 5 rings (SSSR count). The number of nitrogens with one attached hydrogen (secondary N) is 1. The second-order valence-corrected chi connectivity index (χ2v) is 9.00. The van der Waals surface area contributed by atoms with E-state index in [4.69, 9.17) is 10.1 Å². The molecule has 2 atom stereocenters. The monoisotopic (exact) mass is 394 g/mol. The molecule has 1 saturated heterocycles. The van der Waals surface area contributed by atoms with Gasteiger partial charge in [-0.1, -0.05) is 8.58 Å². The van der Waals surface area contributed by atoms with E-state index in [2.05, 4.69) is 10.3 Å². The minimum atomic E-state index is -0.0104. The molecule has 0 radical (unpaired) electrons. The standard InChI is InChI=1S/C20H23N6OP/c1-12-10-26-17(13(2)23-12)7-15(24-26)18-8-19(27)25-11-16(22-9-20(25)28-18)14-3-5-21-6-4-14/h7-11,14,20-21,28H,3-6H2,1-2H3. The fourth-order valence-corrected chi connectivity index (χ4v) is 5.38. The normalized spacial score (nSPS) is 23.9. The number of fused-ring (bicyclic) bond motifs is 2. The lowest BCUT2D eigenvalue weighted by Gasteiger charge is -2.34. The van der Waals surface area contributed by atoms with Gasteiger partial charge in [0.2, 0.25) is 0 Å². The Labute approximate surface area is 165 Å². The van der Waals surface area contributed by atoms with E-state index in [1.807, 2.05) is 47.9 Å². The van der Waals surface area contributed by atoms with E-state index in [0.29, 0.717) is 14.5 Å². The van der Waals surface area contributed by atoms with E-state index in [0.717, 1.165) is 59.5 Å². The number of aliphatic imine (C=N–C) groups is 1. The predicted octanol–water partition coefficient (Wildman–Crippen LogP) is 2.46. The zero-order valence-corrected chi connectivity index (χ0v) is 17.0. The van der Waals surface area contributed by atoms with Crippen LogP contribution in [0.1, 0.15) is 29.9 Å². The first-order valence-corrected chi connectivity index (χ1v) is 10.8. The fraction of sp³-hybridized carbons (Fsp3) is 0.400. The van der Waals surface area contributed by atoms with E-state index in [-0.39, 0.29) is 11.7 Å². The number of aryl methyl sites for hydroxylation is 2. The number of rotatable bonds is 2. The Hall–Kier alpha value is -2.37. The average molecular weight is 394 g/mol. The largest absolute Gasteiger partial charge is 0.317 e. The van der Waals surface area contributed by atoms with Crippen LogP contribution in [0.3, 0.4) is 0 Å². The topological polar surface area (TPSA) is 74.9 Å². The number of carbonyl (C=O) groups excluding carboxylic acids is 1. The van der Waals surface area contributed by atoms with Gasteiger partial charge in [-0.05, 0) is 45.8 Å². The van der Waals surface area contributed by atoms with Gasteiger partial charge in [0.15, 0.2) is 0 Å². The third kappa shape index (κ3) is 3.09. The smallest absolute Gasteiger partial charge is 0.252 e. The van der Waals surface area contributed by atoms with Crippen LogP contribution >= 0.6 is 8.58 Å². The number of piperidine rings is 1. The molecule has 2 aromatic heterocycles. The second kappa shape index (κ2) is 6.90. The summed E-state index contributed by atoms with van der Waals surface area (Å²) in [6.45, 7) is 5.98. The summed E-state index contributed by atoms with van der Waals surface area (Å²) >= 11 is 0. The fourth-order valence-electron chi connectivity index (χ4n) is 4.09. The number of nitrogens with zero attached hydrogens (tertiary/aromatic N) is 5. The van der Waals surface area contributed by atoms with Crippen molar-refractivity contribution in [1.82, 2.24) is 24.8 Å². The van der Waals surface area contributed by atoms with Crippen LogP contribution in [-0.4, -0.2) is 50.5 Å². The van der Waals surface area contributed by atoms with E-state index in [1.54, 1.807) is 6.08 Å². The van der Waals surface area contributed by atoms with Gasteiger partial charge in [0.1, 0.15) is 0 Å². The highest BCUT2D eigenvalue weighted by molar-refractivity contribution is 7.52. The van der Waals surface area contributed by atoms with Crippen LogP contribution < -0.4 is 5.32 Å². The first-order chi connectivity index (χ1) is 13.6. The summed E-state index contributed by atoms with van der Waals surface area (Å²) in [4.78, 5) is 23.9. The van der Waals surface area contributed by atoms with Crippen molar-refractivity contribution in [2.45, 2.75) is 32.5 Å². The molecule has 0 spiro atoms. The zero-order chi connectivity index (χ0) is 19.3. The highest BCUT2D eigenvalue weighted by Gasteiger charge is 2.32. The minimum absolute atomic E-state index is 0.0104. The molecule has 1 N–H and O–H groups in total. The van der Waals surface area contributed by atoms with Crippen molar-refractivity contribution < 1.29 is 4.79 Å². The molecule has 2 unspecified atom stereocenters. The highest BCUT2D eigenvalue weighted by Crippen LogP contribution is 2.43. The maximum atomic E-state index is 12.9. The Morgan fingerprint density at radius 3 is 2.89 bits per heavy atom. The molecule has 5 heterocycles. The Morgan fingerprint density at radius 2 is 2.07 bits per heavy atom. The van der Waals surface area contributed by atoms with Gasteiger partial charge in [0, 0.05) is 29.7 Å². The molecule has 3 aliphatic rings. The molecule has 3 aliphatic heterocycles. The van der Waals surface area contributed by atoms with Gasteiger partial charge in [-0.3, -0.25) is 14.8 Å². The van der Waals surface area contributed by atoms with Crippen molar-refractivity contribution in [1.29, 1.82) is 0 Å². The number of carbonyl (C=O) groups is 1. The maximum Gasteiger partial charge on any atom is 0.252 e. The Kier molecular flexibility index (Phi) is 4.37. The Balaban J connectivity index is 1.44. The van der Waals surface area contributed by atoms with Gasteiger partial charge in [0.25, 0.3) is 5.91 Å². The molecule has 8 heteroatoms. The first-order valence-electron chi connectivity index (χ1n) is 9.69. The number of amides is 1. The van der Waals surface area contributed by atoms with E-state index in [9.17, 15) is 4.79 Å². The summed E-state index contributed by atoms with van der Waals surface area (Å²) in [5.74, 6) is 0.445. The van der Waals surface area contributed by atoms with Crippen molar-refractivity contribution in [2.24, 2.45) is 10.9 Å². The van der Waals surface area contributed by atoms with E-state index < -0.39 is 0 Å². The summed E-state index contributed by atoms with van der Waals surface area (Å²) in [5, 5.41) is 9.06. The quantitative estimate of drug-likeness (QED) is 0.794. The van der Waals surface area contributed by atoms with Crippen LogP contribution in [0.15, 0.2) is 35.2 Å². The van der Waals surface area contributed by atoms with Crippen molar-refractivity contribution in [3.63, 3.8) is 0 Å². The van der Waals surface area contributed by atoms with Crippen LogP contribution in [0.5, 0.6) is 0 Å². The van der Waals surface area contributed by atoms with Crippen molar-refractivity contribution in [3.05, 3.63) is 47.3 Å². The van der Waals surface area contributed by atoms with Crippen LogP contribution in [0.25, 0.3) is 10.8 Å². The minimum Gasteiger partial charge on any atom is -0.317 e. The molecule has 0 aromatic carbocycles. The van der Waals surface area contributed by atoms with Crippen LogP contribution in [0.4, 0.5) is 0 Å². The lowest BCUT2D eigenvalue weighted by molar-refractivity contribution is -0.123. The van der Waals surface area contributed by atoms with Crippen LogP contribution in [0, 0.1) is 19.8 Å². The summed E-state index contributed by atoms with van der Waals surface area (Å²) in [7, 11) is 0.427. The maximum absolute atomic E-state index is 12.9. The third-order valence-corrected chi connectivity index (χ3v) is 6.99. The van der Waals surface area contributed by atoms with Gasteiger partial charge in [-0.2, -0.15) is 5.10 Å². The number of hydrogen-bond donors (Lipinski definition) is 1. The summed E-state index contributed by atoms with van der Waals surface area (Å²) in [6.07, 6.45) is 9.74. The Bertz CT molecular complexity index is 1050. The molecule has 0 saturated carbocycles. The first kappa shape index (κ1) is 17.7. The van der Waals surface area contributed by atoms with Crippen molar-refractivity contribution in [2.75, 3.05) is 13.1 Å². The van der Waals surface area contributed by atoms with Crippen molar-refractivity contribution in [3.8, 4) is 0 Å². The summed E-state index contributed by atoms with van der Waals surface area (Å²) in [6, 6.07) is 2.03. The van der Waals surface area contributed by atoms with Gasteiger partial charge in [-0.15, -0.1) is 0 Å². The zero-order valence-electron chi connectivity index (χ0n) is 16.0. The molecule has 1 fully saturated rings. The van der Waals surface area contributed by atoms with Gasteiger partial charge < -0.3 is 10.2 Å². The van der Waals surface area contributed by atoms with Gasteiger partial charge in [0.05, 0.1) is 40.3 Å². The molecule has 7 nitrogen and oxygen atoms in total. The SMILES string of the molecule is Cc1cn2nc(C3=CC(=O)N4C=C(C5CCNCC5)N=CC4P3)cc2c(C)n1. The molecule has 28 heavy (non-hydrogen) atoms.